The summed E-state index contributed by atoms with van der Waals surface area (Å²) in [7, 11) is -3.73. The van der Waals surface area contributed by atoms with E-state index >= 15 is 0 Å². The zero-order valence-electron chi connectivity index (χ0n) is 15.3. The number of rotatable bonds is 5. The Labute approximate surface area is 171 Å². The number of aromatic nitrogens is 1. The lowest BCUT2D eigenvalue weighted by Crippen LogP contribution is -2.28. The first kappa shape index (κ1) is 19.7. The number of para-hydroxylation sites is 2. The van der Waals surface area contributed by atoms with Crippen molar-refractivity contribution in [2.75, 3.05) is 18.4 Å². The van der Waals surface area contributed by atoms with Crippen LogP contribution in [0.2, 0.25) is 5.02 Å². The van der Waals surface area contributed by atoms with Crippen molar-refractivity contribution >= 4 is 44.3 Å². The molecular formula is C19H18ClN3O5S. The zero-order chi connectivity index (χ0) is 20.6. The molecule has 1 aliphatic heterocycles. The molecule has 2 heterocycles. The van der Waals surface area contributed by atoms with E-state index in [0.29, 0.717) is 24.2 Å². The molecule has 0 aliphatic carbocycles. The predicted molar refractivity (Wildman–Crippen MR) is 109 cm³/mol. The number of nitrogens with zero attached hydrogens (tertiary/aromatic N) is 2. The molecule has 1 amide bonds. The first-order chi connectivity index (χ1) is 13.9. The molecule has 1 fully saturated rings. The molecule has 1 saturated heterocycles. The van der Waals surface area contributed by atoms with Crippen LogP contribution >= 0.6 is 11.6 Å². The van der Waals surface area contributed by atoms with E-state index in [2.05, 4.69) is 5.32 Å². The van der Waals surface area contributed by atoms with E-state index in [-0.39, 0.29) is 22.2 Å². The van der Waals surface area contributed by atoms with E-state index in [0.717, 1.165) is 12.8 Å². The van der Waals surface area contributed by atoms with Crippen LogP contribution in [0.25, 0.3) is 11.1 Å². The average molecular weight is 436 g/mol. The normalized spacial score (nSPS) is 15.1. The minimum absolute atomic E-state index is 0.0511. The van der Waals surface area contributed by atoms with Crippen molar-refractivity contribution in [3.05, 3.63) is 58.0 Å². The largest absolute Gasteiger partial charge is 0.420 e. The fourth-order valence-corrected chi connectivity index (χ4v) is 5.37. The van der Waals surface area contributed by atoms with Gasteiger partial charge in [-0.3, -0.25) is 9.36 Å². The van der Waals surface area contributed by atoms with Gasteiger partial charge in [0.25, 0.3) is 0 Å². The van der Waals surface area contributed by atoms with Crippen molar-refractivity contribution in [3.8, 4) is 0 Å². The van der Waals surface area contributed by atoms with Gasteiger partial charge < -0.3 is 9.73 Å². The van der Waals surface area contributed by atoms with Gasteiger partial charge in [0.2, 0.25) is 15.9 Å². The second-order valence-electron chi connectivity index (χ2n) is 6.73. The number of amides is 1. The molecule has 152 valence electrons. The van der Waals surface area contributed by atoms with E-state index in [1.165, 1.54) is 27.1 Å². The quantitative estimate of drug-likeness (QED) is 0.663. The van der Waals surface area contributed by atoms with Crippen LogP contribution in [0, 0.1) is 0 Å². The third kappa shape index (κ3) is 3.81. The lowest BCUT2D eigenvalue weighted by atomic mass is 10.3. The van der Waals surface area contributed by atoms with Crippen LogP contribution in [0.15, 0.2) is 56.6 Å². The van der Waals surface area contributed by atoms with Gasteiger partial charge in [-0.25, -0.2) is 13.2 Å². The maximum Gasteiger partial charge on any atom is 0.420 e. The number of halogens is 1. The molecule has 0 bridgehead atoms. The van der Waals surface area contributed by atoms with Crippen LogP contribution in [-0.2, 0) is 21.4 Å². The highest BCUT2D eigenvalue weighted by Crippen LogP contribution is 2.29. The molecule has 10 heteroatoms. The number of carbonyl (C=O) groups excluding carboxylic acids is 1. The molecule has 2 aromatic carbocycles. The molecule has 1 aromatic heterocycles. The summed E-state index contributed by atoms with van der Waals surface area (Å²) in [6.45, 7) is 0.629. The number of hydrogen-bond donors (Lipinski definition) is 1. The van der Waals surface area contributed by atoms with Crippen molar-refractivity contribution in [1.82, 2.24) is 8.87 Å². The minimum Gasteiger partial charge on any atom is -0.408 e. The van der Waals surface area contributed by atoms with Gasteiger partial charge in [0.15, 0.2) is 5.58 Å². The Morgan fingerprint density at radius 2 is 1.86 bits per heavy atom. The highest BCUT2D eigenvalue weighted by molar-refractivity contribution is 7.89. The highest BCUT2D eigenvalue weighted by atomic mass is 35.5. The second-order valence-corrected chi connectivity index (χ2v) is 9.04. The van der Waals surface area contributed by atoms with E-state index in [9.17, 15) is 18.0 Å². The fraction of sp³-hybridized carbons (Fsp3) is 0.263. The van der Waals surface area contributed by atoms with Gasteiger partial charge >= 0.3 is 5.76 Å². The molecule has 0 saturated carbocycles. The summed E-state index contributed by atoms with van der Waals surface area (Å²) < 4.78 is 33.3. The Balaban J connectivity index is 1.57. The molecule has 3 aromatic rings. The highest BCUT2D eigenvalue weighted by Gasteiger charge is 2.29. The van der Waals surface area contributed by atoms with Crippen LogP contribution in [0.5, 0.6) is 0 Å². The first-order valence-corrected chi connectivity index (χ1v) is 10.9. The zero-order valence-corrected chi connectivity index (χ0v) is 16.9. The first-order valence-electron chi connectivity index (χ1n) is 9.04. The summed E-state index contributed by atoms with van der Waals surface area (Å²) in [6.07, 6.45) is 1.61. The van der Waals surface area contributed by atoms with Crippen molar-refractivity contribution in [3.63, 3.8) is 0 Å². The Morgan fingerprint density at radius 1 is 1.14 bits per heavy atom. The molecule has 0 radical (unpaired) electrons. The van der Waals surface area contributed by atoms with E-state index in [1.54, 1.807) is 24.3 Å². The molecule has 1 aliphatic rings. The second kappa shape index (κ2) is 7.66. The van der Waals surface area contributed by atoms with Crippen LogP contribution in [-0.4, -0.2) is 36.3 Å². The molecule has 1 N–H and O–H groups in total. The Bertz CT molecular complexity index is 1240. The Kier molecular flexibility index (Phi) is 5.20. The number of hydrogen-bond acceptors (Lipinski definition) is 5. The predicted octanol–water partition coefficient (Wildman–Crippen LogP) is 2.67. The van der Waals surface area contributed by atoms with E-state index in [4.69, 9.17) is 16.0 Å². The summed E-state index contributed by atoms with van der Waals surface area (Å²) in [5, 5.41) is 2.71. The Hall–Kier alpha value is -2.62. The summed E-state index contributed by atoms with van der Waals surface area (Å²) in [5.41, 5.74) is 1.16. The SMILES string of the molecule is O=C(Cn1c(=O)oc2ccccc21)Nc1ccc(Cl)c(S(=O)(=O)N2CCCC2)c1. The van der Waals surface area contributed by atoms with Gasteiger partial charge in [-0.2, -0.15) is 4.31 Å². The maximum absolute atomic E-state index is 12.8. The number of fused-ring (bicyclic) bond motifs is 1. The maximum atomic E-state index is 12.8. The summed E-state index contributed by atoms with van der Waals surface area (Å²) in [5.74, 6) is -1.14. The van der Waals surface area contributed by atoms with E-state index in [1.807, 2.05) is 0 Å². The van der Waals surface area contributed by atoms with Gasteiger partial charge in [0, 0.05) is 18.8 Å². The number of oxazole rings is 1. The minimum atomic E-state index is -3.73. The average Bonchev–Trinajstić information content (AvgIpc) is 3.33. The van der Waals surface area contributed by atoms with Gasteiger partial charge in [-0.1, -0.05) is 23.7 Å². The summed E-state index contributed by atoms with van der Waals surface area (Å²) >= 11 is 6.12. The lowest BCUT2D eigenvalue weighted by Gasteiger charge is -2.17. The molecule has 0 atom stereocenters. The van der Waals surface area contributed by atoms with Gasteiger partial charge in [-0.05, 0) is 43.2 Å². The standard InChI is InChI=1S/C19H18ClN3O5S/c20-14-8-7-13(11-17(14)29(26,27)22-9-3-4-10-22)21-18(24)12-23-15-5-1-2-6-16(15)28-19(23)25/h1-2,5-8,11H,3-4,9-10,12H2,(H,21,24). The number of nitrogens with one attached hydrogen (secondary N) is 1. The van der Waals surface area contributed by atoms with Crippen LogP contribution in [0.4, 0.5) is 5.69 Å². The van der Waals surface area contributed by atoms with Gasteiger partial charge in [0.1, 0.15) is 11.4 Å². The topological polar surface area (TPSA) is 102 Å². The number of carbonyl (C=O) groups is 1. The van der Waals surface area contributed by atoms with Gasteiger partial charge in [-0.15, -0.1) is 0 Å². The molecule has 8 nitrogen and oxygen atoms in total. The van der Waals surface area contributed by atoms with Gasteiger partial charge in [0.05, 0.1) is 10.5 Å². The van der Waals surface area contributed by atoms with Crippen LogP contribution < -0.4 is 11.1 Å². The van der Waals surface area contributed by atoms with Crippen molar-refractivity contribution in [2.24, 2.45) is 0 Å². The van der Waals surface area contributed by atoms with Crippen molar-refractivity contribution in [2.45, 2.75) is 24.3 Å². The van der Waals surface area contributed by atoms with Crippen LogP contribution in [0.1, 0.15) is 12.8 Å². The third-order valence-electron chi connectivity index (χ3n) is 4.77. The summed E-state index contributed by atoms with van der Waals surface area (Å²) in [4.78, 5) is 24.4. The monoisotopic (exact) mass is 435 g/mol. The van der Waals surface area contributed by atoms with E-state index < -0.39 is 21.7 Å². The van der Waals surface area contributed by atoms with Crippen molar-refractivity contribution in [1.29, 1.82) is 0 Å². The summed E-state index contributed by atoms with van der Waals surface area (Å²) in [6, 6.07) is 11.1. The smallest absolute Gasteiger partial charge is 0.408 e. The third-order valence-corrected chi connectivity index (χ3v) is 7.15. The number of sulfonamides is 1. The van der Waals surface area contributed by atoms with Crippen molar-refractivity contribution < 1.29 is 17.6 Å². The Morgan fingerprint density at radius 3 is 2.62 bits per heavy atom. The molecule has 0 unspecified atom stereocenters. The lowest BCUT2D eigenvalue weighted by molar-refractivity contribution is -0.116. The molecule has 0 spiro atoms. The number of anilines is 1. The molecular weight excluding hydrogens is 418 g/mol. The van der Waals surface area contributed by atoms with Crippen LogP contribution in [0.3, 0.4) is 0 Å². The number of benzene rings is 2. The fourth-order valence-electron chi connectivity index (χ4n) is 3.35. The molecule has 4 rings (SSSR count). The molecule has 29 heavy (non-hydrogen) atoms.